The van der Waals surface area contributed by atoms with Gasteiger partial charge >= 0.3 is 0 Å². The first-order chi connectivity index (χ1) is 24.8. The number of fused-ring (bicyclic) bond motifs is 5. The summed E-state index contributed by atoms with van der Waals surface area (Å²) in [6.07, 6.45) is 20.0. The van der Waals surface area contributed by atoms with Crippen molar-refractivity contribution in [2.24, 2.45) is 52.3 Å². The van der Waals surface area contributed by atoms with Crippen molar-refractivity contribution in [3.8, 4) is 0 Å². The highest BCUT2D eigenvalue weighted by atomic mass is 32.1. The molecule has 2 aromatic rings. The van der Waals surface area contributed by atoms with Crippen molar-refractivity contribution < 1.29 is 9.16 Å². The zero-order valence-corrected chi connectivity index (χ0v) is 36.2. The number of rotatable bonds is 14. The van der Waals surface area contributed by atoms with Crippen LogP contribution in [0.1, 0.15) is 152 Å². The average Bonchev–Trinajstić information content (AvgIpc) is 3.47. The van der Waals surface area contributed by atoms with Gasteiger partial charge in [0.15, 0.2) is 5.05 Å². The second kappa shape index (κ2) is 16.7. The van der Waals surface area contributed by atoms with Crippen molar-refractivity contribution >= 4 is 36.0 Å². The Hall–Kier alpha value is -1.49. The summed E-state index contributed by atoms with van der Waals surface area (Å²) in [5, 5.41) is 3.54. The molecule has 2 aromatic carbocycles. The largest absolute Gasteiger partial charge is 0.484 e. The summed E-state index contributed by atoms with van der Waals surface area (Å²) >= 11 is 5.92. The molecule has 4 aliphatic rings. The van der Waals surface area contributed by atoms with Gasteiger partial charge in [-0.15, -0.1) is 0 Å². The maximum atomic E-state index is 7.14. The minimum absolute atomic E-state index is 0.00498. The molecule has 4 aliphatic carbocycles. The van der Waals surface area contributed by atoms with Gasteiger partial charge in [-0.1, -0.05) is 135 Å². The lowest BCUT2D eigenvalue weighted by Gasteiger charge is -2.61. The molecule has 9 atom stereocenters. The predicted octanol–water partition coefficient (Wildman–Crippen LogP) is 12.6. The Balaban J connectivity index is 0.988. The summed E-state index contributed by atoms with van der Waals surface area (Å²) in [5.74, 6) is 6.32. The molecule has 0 heterocycles. The van der Waals surface area contributed by atoms with Crippen molar-refractivity contribution in [3.63, 3.8) is 0 Å². The molecule has 4 heteroatoms. The van der Waals surface area contributed by atoms with E-state index in [4.69, 9.17) is 21.4 Å². The SMILES string of the molecule is CC(C)CCC[C@H](C)[C@H]1CC[C@H]2[C@@H]3CC[C@H]4C[C@@H](OC(=S)CCCCO[Si](c5ccccc5)(c5ccccc5)C(C)(C)C)CC[C@]4(C)[C@H]3CC[C@]12C. The Kier molecular flexibility index (Phi) is 12.9. The van der Waals surface area contributed by atoms with Crippen LogP contribution in [0.2, 0.25) is 5.04 Å². The molecule has 0 unspecified atom stereocenters. The van der Waals surface area contributed by atoms with E-state index >= 15 is 0 Å². The van der Waals surface area contributed by atoms with Crippen molar-refractivity contribution in [2.45, 2.75) is 163 Å². The quantitative estimate of drug-likeness (QED) is 0.109. The third-order valence-electron chi connectivity index (χ3n) is 15.6. The van der Waals surface area contributed by atoms with E-state index < -0.39 is 8.32 Å². The zero-order valence-electron chi connectivity index (χ0n) is 34.4. The molecule has 52 heavy (non-hydrogen) atoms. The number of hydrogen-bond acceptors (Lipinski definition) is 3. The third-order valence-corrected chi connectivity index (χ3v) is 21.0. The van der Waals surface area contributed by atoms with Gasteiger partial charge in [-0.3, -0.25) is 0 Å². The highest BCUT2D eigenvalue weighted by Gasteiger charge is 2.60. The smallest absolute Gasteiger partial charge is 0.261 e. The fourth-order valence-electron chi connectivity index (χ4n) is 13.0. The second-order valence-corrected chi connectivity index (χ2v) is 24.8. The second-order valence-electron chi connectivity index (χ2n) is 20.0. The molecular formula is C48H74O2SSi. The van der Waals surface area contributed by atoms with Gasteiger partial charge in [0.25, 0.3) is 8.32 Å². The van der Waals surface area contributed by atoms with Crippen molar-refractivity contribution in [1.82, 2.24) is 0 Å². The van der Waals surface area contributed by atoms with Gasteiger partial charge in [0, 0.05) is 13.0 Å². The van der Waals surface area contributed by atoms with Gasteiger partial charge in [0.05, 0.1) is 6.10 Å². The topological polar surface area (TPSA) is 18.5 Å². The van der Waals surface area contributed by atoms with Gasteiger partial charge in [0.1, 0.15) is 0 Å². The number of unbranched alkanes of at least 4 members (excludes halogenated alkanes) is 1. The van der Waals surface area contributed by atoms with E-state index in [-0.39, 0.29) is 5.04 Å². The molecule has 0 radical (unpaired) electrons. The number of benzene rings is 2. The molecule has 0 aromatic heterocycles. The average molecular weight is 743 g/mol. The van der Waals surface area contributed by atoms with Crippen LogP contribution >= 0.6 is 12.2 Å². The van der Waals surface area contributed by atoms with Crippen LogP contribution in [0.5, 0.6) is 0 Å². The van der Waals surface area contributed by atoms with Gasteiger partial charge in [-0.2, -0.15) is 0 Å². The Morgan fingerprint density at radius 2 is 1.40 bits per heavy atom. The normalized spacial score (nSPS) is 32.5. The van der Waals surface area contributed by atoms with E-state index in [0.717, 1.165) is 72.3 Å². The lowest BCUT2D eigenvalue weighted by Crippen LogP contribution is -2.66. The third kappa shape index (κ3) is 8.07. The van der Waals surface area contributed by atoms with Crippen LogP contribution in [0.25, 0.3) is 0 Å². The van der Waals surface area contributed by atoms with E-state index in [1.165, 1.54) is 87.4 Å². The minimum atomic E-state index is -2.49. The molecule has 288 valence electrons. The molecule has 0 saturated heterocycles. The Morgan fingerprint density at radius 3 is 2.04 bits per heavy atom. The number of hydrogen-bond donors (Lipinski definition) is 0. The van der Waals surface area contributed by atoms with Crippen molar-refractivity contribution in [3.05, 3.63) is 60.7 Å². The number of ether oxygens (including phenoxy) is 1. The summed E-state index contributed by atoms with van der Waals surface area (Å²) < 4.78 is 13.8. The van der Waals surface area contributed by atoms with E-state index in [1.54, 1.807) is 0 Å². The predicted molar refractivity (Wildman–Crippen MR) is 228 cm³/mol. The fourth-order valence-corrected chi connectivity index (χ4v) is 17.8. The molecular weight excluding hydrogens is 669 g/mol. The van der Waals surface area contributed by atoms with E-state index in [1.807, 2.05) is 0 Å². The van der Waals surface area contributed by atoms with Crippen molar-refractivity contribution in [2.75, 3.05) is 6.61 Å². The maximum absolute atomic E-state index is 7.14. The summed E-state index contributed by atoms with van der Waals surface area (Å²) in [6.45, 7) is 20.7. The molecule has 4 fully saturated rings. The molecule has 6 rings (SSSR count). The van der Waals surface area contributed by atoms with E-state index in [9.17, 15) is 0 Å². The van der Waals surface area contributed by atoms with Crippen LogP contribution < -0.4 is 10.4 Å². The molecule has 4 saturated carbocycles. The maximum Gasteiger partial charge on any atom is 0.261 e. The van der Waals surface area contributed by atoms with Gasteiger partial charge in [-0.05, 0) is 151 Å². The molecule has 0 N–H and O–H groups in total. The van der Waals surface area contributed by atoms with E-state index in [0.29, 0.717) is 16.9 Å². The highest BCUT2D eigenvalue weighted by molar-refractivity contribution is 7.80. The van der Waals surface area contributed by atoms with Crippen molar-refractivity contribution in [1.29, 1.82) is 0 Å². The van der Waals surface area contributed by atoms with E-state index in [2.05, 4.69) is 116 Å². The number of thiocarbonyl (C=S) groups is 1. The van der Waals surface area contributed by atoms with Crippen LogP contribution in [0.15, 0.2) is 60.7 Å². The highest BCUT2D eigenvalue weighted by Crippen LogP contribution is 2.68. The summed E-state index contributed by atoms with van der Waals surface area (Å²) in [6, 6.07) is 22.0. The fraction of sp³-hybridized carbons (Fsp3) is 0.729. The molecule has 0 bridgehead atoms. The Bertz CT molecular complexity index is 1400. The lowest BCUT2D eigenvalue weighted by molar-refractivity contribution is -0.127. The monoisotopic (exact) mass is 743 g/mol. The Morgan fingerprint density at radius 1 is 0.769 bits per heavy atom. The molecule has 2 nitrogen and oxygen atoms in total. The van der Waals surface area contributed by atoms with Gasteiger partial charge in [0.2, 0.25) is 0 Å². The van der Waals surface area contributed by atoms with Gasteiger partial charge in [-0.25, -0.2) is 0 Å². The van der Waals surface area contributed by atoms with Gasteiger partial charge < -0.3 is 9.16 Å². The first-order valence-electron chi connectivity index (χ1n) is 21.7. The summed E-state index contributed by atoms with van der Waals surface area (Å²) in [4.78, 5) is 0. The lowest BCUT2D eigenvalue weighted by atomic mass is 9.44. The van der Waals surface area contributed by atoms with Crippen LogP contribution in [-0.2, 0) is 9.16 Å². The first-order valence-corrected chi connectivity index (χ1v) is 24.1. The summed E-state index contributed by atoms with van der Waals surface area (Å²) in [7, 11) is -2.49. The zero-order chi connectivity index (χ0) is 37.1. The molecule has 0 aliphatic heterocycles. The summed E-state index contributed by atoms with van der Waals surface area (Å²) in [5.41, 5.74) is 1.07. The first kappa shape index (κ1) is 40.2. The Labute approximate surface area is 326 Å². The van der Waals surface area contributed by atoms with Crippen LogP contribution in [0.3, 0.4) is 0 Å². The molecule has 0 spiro atoms. The standard InChI is InChI=1S/C48H74O2SSi/c1-35(2)18-17-19-36(3)42-27-28-43-41-26-25-37-34-38(29-31-47(37,7)44(41)30-32-48(42,43)8)50-45(51)24-15-16-33-49-52(46(4,5)6,39-20-11-9-12-21-39)40-22-13-10-14-23-40/h9-14,20-23,35-38,41-44H,15-19,24-34H2,1-8H3/t36-,37-,38-,41-,42+,43-,44-,47-,48+/m0/s1. The van der Waals surface area contributed by atoms with Crippen LogP contribution in [-0.4, -0.2) is 26.1 Å². The van der Waals surface area contributed by atoms with Crippen LogP contribution in [0, 0.1) is 52.3 Å². The molecule has 0 amide bonds. The van der Waals surface area contributed by atoms with Crippen LogP contribution in [0.4, 0.5) is 0 Å². The minimum Gasteiger partial charge on any atom is -0.484 e.